The Bertz CT molecular complexity index is 2590. The Morgan fingerprint density at radius 3 is 2.35 bits per heavy atom. The first kappa shape index (κ1) is 41.0. The molecular weight excluding hydrogens is 783 g/mol. The number of likely N-dealkylation sites (tertiary alicyclic amines) is 1. The van der Waals surface area contributed by atoms with Gasteiger partial charge in [0.15, 0.2) is 5.82 Å². The molecule has 62 heavy (non-hydrogen) atoms. The zero-order valence-electron chi connectivity index (χ0n) is 36.2. The first-order valence-corrected chi connectivity index (χ1v) is 21.8. The van der Waals surface area contributed by atoms with Gasteiger partial charge in [0.25, 0.3) is 0 Å². The number of carbonyl (C=O) groups excluding carboxylic acids is 3. The Morgan fingerprint density at radius 2 is 1.65 bits per heavy atom. The third-order valence-electron chi connectivity index (χ3n) is 12.8. The van der Waals surface area contributed by atoms with Crippen LogP contribution in [0.2, 0.25) is 0 Å². The van der Waals surface area contributed by atoms with Crippen LogP contribution in [0.1, 0.15) is 99.5 Å². The summed E-state index contributed by atoms with van der Waals surface area (Å²) in [5, 5.41) is 18.9. The molecule has 2 aromatic carbocycles. The van der Waals surface area contributed by atoms with Crippen molar-refractivity contribution in [2.45, 2.75) is 84.2 Å². The highest BCUT2D eigenvalue weighted by molar-refractivity contribution is 6.05. The van der Waals surface area contributed by atoms with Crippen LogP contribution in [0.15, 0.2) is 83.9 Å². The number of carbonyl (C=O) groups is 3. The monoisotopic (exact) mass is 837 g/mol. The van der Waals surface area contributed by atoms with E-state index in [1.807, 2.05) is 62.8 Å². The van der Waals surface area contributed by atoms with Crippen LogP contribution in [0, 0.1) is 12.8 Å². The van der Waals surface area contributed by atoms with Crippen molar-refractivity contribution in [2.75, 3.05) is 49.1 Å². The van der Waals surface area contributed by atoms with Gasteiger partial charge in [-0.2, -0.15) is 15.2 Å². The molecule has 9 rings (SSSR count). The second-order valence-corrected chi connectivity index (χ2v) is 18.2. The van der Waals surface area contributed by atoms with Gasteiger partial charge < -0.3 is 19.6 Å². The van der Waals surface area contributed by atoms with Gasteiger partial charge >= 0.3 is 17.8 Å². The van der Waals surface area contributed by atoms with E-state index in [-0.39, 0.29) is 29.3 Å². The van der Waals surface area contributed by atoms with Crippen molar-refractivity contribution in [1.82, 2.24) is 45.1 Å². The lowest BCUT2D eigenvalue weighted by Crippen LogP contribution is -2.49. The van der Waals surface area contributed by atoms with E-state index in [0.717, 1.165) is 103 Å². The lowest BCUT2D eigenvalue weighted by Gasteiger charge is -2.38. The number of aromatic nitrogens is 6. The van der Waals surface area contributed by atoms with E-state index in [1.54, 1.807) is 4.90 Å². The number of rotatable bonds is 10. The standard InChI is InChI=1S/C47H55N11O4/c1-30-24-33(6-11-39(30)31(2)50-43(60)44-52-45(53-62-44)47(3,4)5)40-25-34(28-58-41(40)12-18-48-58)35-26-49-57(29-35)38-15-19-54(20-16-38)27-32-13-21-55(22-14-32)36-7-9-37(10-8-36)56-23-17-42(59)51-46(56)61/h6-12,18,24-26,28-29,31-32,38H,13-17,19-23,27H2,1-5H3,(H,50,60)(H,51,59,61)/t31-/m1/s1. The van der Waals surface area contributed by atoms with Gasteiger partial charge in [0.05, 0.1) is 23.8 Å². The average Bonchev–Trinajstić information content (AvgIpc) is 4.06. The third kappa shape index (κ3) is 8.58. The summed E-state index contributed by atoms with van der Waals surface area (Å²) in [6, 6.07) is 18.5. The van der Waals surface area contributed by atoms with Crippen molar-refractivity contribution in [3.63, 3.8) is 0 Å². The molecule has 15 nitrogen and oxygen atoms in total. The average molecular weight is 838 g/mol. The molecule has 3 saturated heterocycles. The predicted molar refractivity (Wildman–Crippen MR) is 237 cm³/mol. The van der Waals surface area contributed by atoms with E-state index in [9.17, 15) is 14.4 Å². The minimum absolute atomic E-state index is 0.0388. The van der Waals surface area contributed by atoms with E-state index in [0.29, 0.717) is 30.7 Å². The Balaban J connectivity index is 0.792. The second kappa shape index (κ2) is 16.8. The van der Waals surface area contributed by atoms with Gasteiger partial charge in [0.1, 0.15) is 0 Å². The number of nitrogens with one attached hydrogen (secondary N) is 2. The van der Waals surface area contributed by atoms with Gasteiger partial charge in [-0.3, -0.25) is 24.5 Å². The van der Waals surface area contributed by atoms with Crippen LogP contribution in [0.25, 0.3) is 27.8 Å². The van der Waals surface area contributed by atoms with Crippen LogP contribution in [-0.2, 0) is 10.2 Å². The van der Waals surface area contributed by atoms with Crippen LogP contribution in [0.4, 0.5) is 16.2 Å². The zero-order valence-corrected chi connectivity index (χ0v) is 36.2. The Hall–Kier alpha value is -6.35. The first-order valence-electron chi connectivity index (χ1n) is 21.8. The number of nitrogens with zero attached hydrogens (tertiary/aromatic N) is 9. The van der Waals surface area contributed by atoms with E-state index in [2.05, 4.69) is 96.1 Å². The van der Waals surface area contributed by atoms with Crippen molar-refractivity contribution < 1.29 is 18.9 Å². The van der Waals surface area contributed by atoms with Gasteiger partial charge in [0, 0.05) is 97.8 Å². The SMILES string of the molecule is Cc1cc(-c2cc(-c3cnn(C4CCN(CC5CCN(c6ccc(N7CCC(=O)NC7=O)cc6)CC5)CC4)c3)cn3nccc23)ccc1[C@@H](C)NC(=O)c1nc(C(C)(C)C)no1. The fourth-order valence-corrected chi connectivity index (χ4v) is 9.15. The molecule has 4 aromatic heterocycles. The number of aryl methyl sites for hydroxylation is 1. The largest absolute Gasteiger partial charge is 0.372 e. The first-order chi connectivity index (χ1) is 29.9. The number of amides is 4. The Morgan fingerprint density at radius 1 is 0.887 bits per heavy atom. The summed E-state index contributed by atoms with van der Waals surface area (Å²) in [6.07, 6.45) is 12.8. The number of benzene rings is 2. The van der Waals surface area contributed by atoms with Crippen molar-refractivity contribution >= 4 is 34.7 Å². The van der Waals surface area contributed by atoms with E-state index < -0.39 is 5.91 Å². The molecule has 3 aliphatic heterocycles. The fourth-order valence-electron chi connectivity index (χ4n) is 9.15. The molecule has 0 aliphatic carbocycles. The number of fused-ring (bicyclic) bond motifs is 1. The fraction of sp³-hybridized carbons (Fsp3) is 0.426. The molecule has 322 valence electrons. The van der Waals surface area contributed by atoms with Gasteiger partial charge in [0.2, 0.25) is 5.91 Å². The molecule has 3 aliphatic rings. The number of urea groups is 1. The molecule has 0 unspecified atom stereocenters. The number of hydrogen-bond acceptors (Lipinski definition) is 10. The summed E-state index contributed by atoms with van der Waals surface area (Å²) < 4.78 is 9.37. The van der Waals surface area contributed by atoms with Crippen molar-refractivity contribution in [3.8, 4) is 22.3 Å². The molecule has 2 N–H and O–H groups in total. The van der Waals surface area contributed by atoms with E-state index >= 15 is 0 Å². The van der Waals surface area contributed by atoms with Crippen molar-refractivity contribution in [3.05, 3.63) is 102 Å². The van der Waals surface area contributed by atoms with Gasteiger partial charge in [-0.25, -0.2) is 9.31 Å². The number of anilines is 2. The molecule has 1 atom stereocenters. The van der Waals surface area contributed by atoms with Gasteiger partial charge in [-0.15, -0.1) is 0 Å². The smallest absolute Gasteiger partial charge is 0.328 e. The molecule has 0 spiro atoms. The highest BCUT2D eigenvalue weighted by Crippen LogP contribution is 2.34. The van der Waals surface area contributed by atoms with E-state index in [4.69, 9.17) is 9.62 Å². The van der Waals surface area contributed by atoms with Gasteiger partial charge in [-0.1, -0.05) is 44.1 Å². The molecule has 0 saturated carbocycles. The minimum atomic E-state index is -0.397. The maximum absolute atomic E-state index is 13.0. The van der Waals surface area contributed by atoms with Crippen LogP contribution < -0.4 is 20.4 Å². The molecule has 7 heterocycles. The lowest BCUT2D eigenvalue weighted by atomic mass is 9.94. The highest BCUT2D eigenvalue weighted by Gasteiger charge is 2.29. The van der Waals surface area contributed by atoms with Crippen LogP contribution in [0.5, 0.6) is 0 Å². The summed E-state index contributed by atoms with van der Waals surface area (Å²) in [5.41, 5.74) is 8.98. The third-order valence-corrected chi connectivity index (χ3v) is 12.8. The lowest BCUT2D eigenvalue weighted by molar-refractivity contribution is -0.120. The number of imide groups is 1. The quantitative estimate of drug-likeness (QED) is 0.143. The Labute approximate surface area is 361 Å². The molecule has 0 bridgehead atoms. The highest BCUT2D eigenvalue weighted by atomic mass is 16.5. The van der Waals surface area contributed by atoms with Crippen molar-refractivity contribution in [2.24, 2.45) is 5.92 Å². The number of hydrogen-bond donors (Lipinski definition) is 2. The summed E-state index contributed by atoms with van der Waals surface area (Å²) in [6.45, 7) is 15.7. The number of pyridine rings is 1. The molecule has 4 amide bonds. The zero-order chi connectivity index (χ0) is 43.1. The minimum Gasteiger partial charge on any atom is -0.372 e. The molecule has 0 radical (unpaired) electrons. The maximum Gasteiger partial charge on any atom is 0.328 e. The summed E-state index contributed by atoms with van der Waals surface area (Å²) in [5.74, 6) is 0.513. The van der Waals surface area contributed by atoms with Crippen LogP contribution in [-0.4, -0.2) is 91.5 Å². The predicted octanol–water partition coefficient (Wildman–Crippen LogP) is 7.34. The molecule has 3 fully saturated rings. The molecule has 15 heteroatoms. The summed E-state index contributed by atoms with van der Waals surface area (Å²) >= 11 is 0. The second-order valence-electron chi connectivity index (χ2n) is 18.2. The maximum atomic E-state index is 13.0. The number of piperidine rings is 2. The molecule has 6 aromatic rings. The van der Waals surface area contributed by atoms with E-state index in [1.165, 1.54) is 5.69 Å². The molecular formula is C47H55N11O4. The van der Waals surface area contributed by atoms with Crippen molar-refractivity contribution in [1.29, 1.82) is 0 Å². The summed E-state index contributed by atoms with van der Waals surface area (Å²) in [7, 11) is 0. The topological polar surface area (TPSA) is 159 Å². The van der Waals surface area contributed by atoms with Crippen LogP contribution in [0.3, 0.4) is 0 Å². The van der Waals surface area contributed by atoms with Crippen LogP contribution >= 0.6 is 0 Å². The Kier molecular flexibility index (Phi) is 11.1. The normalized spacial score (nSPS) is 17.8. The van der Waals surface area contributed by atoms with Gasteiger partial charge in [-0.05, 0) is 98.5 Å². The summed E-state index contributed by atoms with van der Waals surface area (Å²) in [4.78, 5) is 47.8.